The fourth-order valence-corrected chi connectivity index (χ4v) is 3.38. The largest absolute Gasteiger partial charge is 0.465 e. The molecule has 0 spiro atoms. The van der Waals surface area contributed by atoms with Crippen molar-refractivity contribution in [2.45, 2.75) is 11.8 Å². The van der Waals surface area contributed by atoms with Crippen molar-refractivity contribution >= 4 is 27.1 Å². The van der Waals surface area contributed by atoms with Crippen molar-refractivity contribution in [3.63, 3.8) is 0 Å². The van der Waals surface area contributed by atoms with Gasteiger partial charge in [-0.1, -0.05) is 0 Å². The Hall–Kier alpha value is -0.880. The lowest BCUT2D eigenvalue weighted by Crippen LogP contribution is -1.99. The highest BCUT2D eigenvalue weighted by Gasteiger charge is 2.18. The number of esters is 1. The number of rotatable bonds is 2. The summed E-state index contributed by atoms with van der Waals surface area (Å²) < 4.78 is 27.0. The number of carbonyl (C=O) groups is 1. The minimum atomic E-state index is -3.25. The van der Waals surface area contributed by atoms with Crippen LogP contribution in [0.15, 0.2) is 11.0 Å². The summed E-state index contributed by atoms with van der Waals surface area (Å²) in [6.07, 6.45) is 1.11. The fourth-order valence-electron chi connectivity index (χ4n) is 1.03. The molecule has 0 fully saturated rings. The van der Waals surface area contributed by atoms with E-state index in [1.54, 1.807) is 6.92 Å². The summed E-state index contributed by atoms with van der Waals surface area (Å²) in [5, 5.41) is 0. The van der Waals surface area contributed by atoms with Gasteiger partial charge in [0.1, 0.15) is 4.88 Å². The van der Waals surface area contributed by atoms with Gasteiger partial charge in [-0.25, -0.2) is 13.2 Å². The molecule has 0 aromatic carbocycles. The molecule has 0 aliphatic carbocycles. The molecule has 0 aliphatic heterocycles. The normalized spacial score (nSPS) is 11.4. The zero-order valence-corrected chi connectivity index (χ0v) is 9.66. The molecule has 1 aromatic rings. The highest BCUT2D eigenvalue weighted by molar-refractivity contribution is 7.91. The van der Waals surface area contributed by atoms with Gasteiger partial charge in [-0.3, -0.25) is 0 Å². The number of carbonyl (C=O) groups excluding carboxylic acids is 1. The molecule has 0 radical (unpaired) electrons. The van der Waals surface area contributed by atoms with E-state index in [2.05, 4.69) is 4.74 Å². The Balaban J connectivity index is 3.25. The van der Waals surface area contributed by atoms with Crippen LogP contribution in [0.4, 0.5) is 0 Å². The van der Waals surface area contributed by atoms with E-state index in [1.165, 1.54) is 13.2 Å². The third kappa shape index (κ3) is 2.13. The van der Waals surface area contributed by atoms with Crippen LogP contribution >= 0.6 is 11.3 Å². The van der Waals surface area contributed by atoms with Crippen LogP contribution in [0.3, 0.4) is 0 Å². The minimum absolute atomic E-state index is 0.197. The van der Waals surface area contributed by atoms with Crippen molar-refractivity contribution in [2.24, 2.45) is 0 Å². The van der Waals surface area contributed by atoms with Crippen LogP contribution in [0, 0.1) is 6.92 Å². The molecule has 4 nitrogen and oxygen atoms in total. The van der Waals surface area contributed by atoms with Gasteiger partial charge in [-0.2, -0.15) is 0 Å². The summed E-state index contributed by atoms with van der Waals surface area (Å²) in [5.41, 5.74) is 0. The molecule has 0 atom stereocenters. The Morgan fingerprint density at radius 3 is 2.43 bits per heavy atom. The number of methoxy groups -OCH3 is 1. The molecule has 14 heavy (non-hydrogen) atoms. The Labute approximate surface area is 86.4 Å². The highest BCUT2D eigenvalue weighted by atomic mass is 32.2. The van der Waals surface area contributed by atoms with Crippen LogP contribution in [0.25, 0.3) is 0 Å². The first-order valence-electron chi connectivity index (χ1n) is 3.75. The number of sulfone groups is 1. The first-order valence-corrected chi connectivity index (χ1v) is 6.46. The zero-order valence-electron chi connectivity index (χ0n) is 8.03. The maximum atomic E-state index is 11.2. The third-order valence-electron chi connectivity index (χ3n) is 1.66. The standard InChI is InChI=1S/C8H10O4S2/c1-5-7(14(3,10)11)4-6(13-5)8(9)12-2/h4H,1-3H3. The SMILES string of the molecule is COC(=O)c1cc(S(C)(=O)=O)c(C)s1. The quantitative estimate of drug-likeness (QED) is 0.722. The average Bonchev–Trinajstić information content (AvgIpc) is 2.45. The van der Waals surface area contributed by atoms with Crippen LogP contribution in [0.1, 0.15) is 14.5 Å². The smallest absolute Gasteiger partial charge is 0.348 e. The molecule has 1 heterocycles. The molecule has 78 valence electrons. The van der Waals surface area contributed by atoms with Gasteiger partial charge in [0.25, 0.3) is 0 Å². The molecule has 1 rings (SSSR count). The van der Waals surface area contributed by atoms with E-state index in [0.717, 1.165) is 17.6 Å². The van der Waals surface area contributed by atoms with Gasteiger partial charge < -0.3 is 4.74 Å². The van der Waals surface area contributed by atoms with Crippen molar-refractivity contribution in [3.05, 3.63) is 15.8 Å². The topological polar surface area (TPSA) is 60.4 Å². The maximum Gasteiger partial charge on any atom is 0.348 e. The molecule has 1 aromatic heterocycles. The van der Waals surface area contributed by atoms with Crippen molar-refractivity contribution in [2.75, 3.05) is 13.4 Å². The second-order valence-corrected chi connectivity index (χ2v) is 6.04. The van der Waals surface area contributed by atoms with Crippen molar-refractivity contribution in [3.8, 4) is 0 Å². The zero-order chi connectivity index (χ0) is 10.9. The molecule has 6 heteroatoms. The van der Waals surface area contributed by atoms with Gasteiger partial charge in [-0.15, -0.1) is 11.3 Å². The summed E-state index contributed by atoms with van der Waals surface area (Å²) >= 11 is 1.12. The maximum absolute atomic E-state index is 11.2. The summed E-state index contributed by atoms with van der Waals surface area (Å²) in [4.78, 5) is 12.2. The van der Waals surface area contributed by atoms with Crippen molar-refractivity contribution < 1.29 is 17.9 Å². The monoisotopic (exact) mass is 234 g/mol. The molecule has 0 unspecified atom stereocenters. The average molecular weight is 234 g/mol. The number of ether oxygens (including phenoxy) is 1. The van der Waals surface area contributed by atoms with E-state index in [9.17, 15) is 13.2 Å². The molecular weight excluding hydrogens is 224 g/mol. The Bertz CT molecular complexity index is 456. The molecule has 0 N–H and O–H groups in total. The first-order chi connectivity index (χ1) is 6.36. The van der Waals surface area contributed by atoms with Crippen LogP contribution in [0.2, 0.25) is 0 Å². The van der Waals surface area contributed by atoms with E-state index < -0.39 is 15.8 Å². The van der Waals surface area contributed by atoms with Crippen LogP contribution in [-0.2, 0) is 14.6 Å². The Morgan fingerprint density at radius 1 is 1.50 bits per heavy atom. The van der Waals surface area contributed by atoms with E-state index in [-0.39, 0.29) is 4.90 Å². The highest BCUT2D eigenvalue weighted by Crippen LogP contribution is 2.25. The lowest BCUT2D eigenvalue weighted by molar-refractivity contribution is 0.0606. The van der Waals surface area contributed by atoms with Crippen LogP contribution in [-0.4, -0.2) is 27.8 Å². The van der Waals surface area contributed by atoms with Gasteiger partial charge >= 0.3 is 5.97 Å². The van der Waals surface area contributed by atoms with E-state index in [4.69, 9.17) is 0 Å². The minimum Gasteiger partial charge on any atom is -0.465 e. The predicted octanol–water partition coefficient (Wildman–Crippen LogP) is 1.25. The second-order valence-electron chi connectivity index (χ2n) is 2.79. The van der Waals surface area contributed by atoms with Crippen molar-refractivity contribution in [1.82, 2.24) is 0 Å². The van der Waals surface area contributed by atoms with E-state index in [1.807, 2.05) is 0 Å². The van der Waals surface area contributed by atoms with Crippen LogP contribution in [0.5, 0.6) is 0 Å². The Kier molecular flexibility index (Phi) is 2.96. The van der Waals surface area contributed by atoms with Gasteiger partial charge in [0, 0.05) is 11.1 Å². The molecule has 0 amide bonds. The second kappa shape index (κ2) is 3.70. The molecule has 0 bridgehead atoms. The fraction of sp³-hybridized carbons (Fsp3) is 0.375. The summed E-state index contributed by atoms with van der Waals surface area (Å²) in [5.74, 6) is -0.506. The molecule has 0 aliphatic rings. The van der Waals surface area contributed by atoms with Gasteiger partial charge in [0.15, 0.2) is 9.84 Å². The summed E-state index contributed by atoms with van der Waals surface area (Å²) in [7, 11) is -1.99. The number of hydrogen-bond donors (Lipinski definition) is 0. The molecular formula is C8H10O4S2. The first kappa shape index (κ1) is 11.2. The summed E-state index contributed by atoms with van der Waals surface area (Å²) in [6.45, 7) is 1.66. The molecule has 0 saturated heterocycles. The number of thiophene rings is 1. The van der Waals surface area contributed by atoms with Gasteiger partial charge in [-0.05, 0) is 13.0 Å². The lowest BCUT2D eigenvalue weighted by Gasteiger charge is -1.92. The summed E-state index contributed by atoms with van der Waals surface area (Å²) in [6, 6.07) is 1.35. The lowest BCUT2D eigenvalue weighted by atomic mass is 10.4. The van der Waals surface area contributed by atoms with E-state index >= 15 is 0 Å². The van der Waals surface area contributed by atoms with Crippen LogP contribution < -0.4 is 0 Å². The van der Waals surface area contributed by atoms with Gasteiger partial charge in [0.2, 0.25) is 0 Å². The third-order valence-corrected chi connectivity index (χ3v) is 4.04. The predicted molar refractivity (Wildman–Crippen MR) is 53.5 cm³/mol. The van der Waals surface area contributed by atoms with Crippen molar-refractivity contribution in [1.29, 1.82) is 0 Å². The Morgan fingerprint density at radius 2 is 2.07 bits per heavy atom. The van der Waals surface area contributed by atoms with E-state index in [0.29, 0.717) is 9.75 Å². The molecule has 0 saturated carbocycles. The number of hydrogen-bond acceptors (Lipinski definition) is 5. The number of aryl methyl sites for hydroxylation is 1. The van der Waals surface area contributed by atoms with Gasteiger partial charge in [0.05, 0.1) is 12.0 Å².